The number of rotatable bonds is 3. The van der Waals surface area contributed by atoms with Crippen molar-refractivity contribution in [2.75, 3.05) is 13.2 Å². The molecule has 22 heavy (non-hydrogen) atoms. The summed E-state index contributed by atoms with van der Waals surface area (Å²) in [4.78, 5) is 14.0. The first-order valence-corrected chi connectivity index (χ1v) is 7.36. The van der Waals surface area contributed by atoms with Gasteiger partial charge in [0.1, 0.15) is 18.5 Å². The van der Waals surface area contributed by atoms with Crippen LogP contribution in [0.1, 0.15) is 30.2 Å². The molecule has 0 N–H and O–H groups in total. The van der Waals surface area contributed by atoms with Crippen LogP contribution in [0.15, 0.2) is 54.6 Å². The lowest BCUT2D eigenvalue weighted by atomic mass is 10.0. The van der Waals surface area contributed by atoms with Gasteiger partial charge in [-0.05, 0) is 30.2 Å². The number of hydrogen-bond donors (Lipinski definition) is 0. The summed E-state index contributed by atoms with van der Waals surface area (Å²) in [5.74, 6) is -0.329. The van der Waals surface area contributed by atoms with Crippen molar-refractivity contribution in [2.45, 2.75) is 19.1 Å². The molecule has 1 aliphatic heterocycles. The molecule has 4 heteroatoms. The molecule has 1 amide bonds. The monoisotopic (exact) mass is 299 g/mol. The third-order valence-electron chi connectivity index (χ3n) is 4.06. The molecule has 0 bridgehead atoms. The molecule has 0 radical (unpaired) electrons. The van der Waals surface area contributed by atoms with Gasteiger partial charge < -0.3 is 9.64 Å². The van der Waals surface area contributed by atoms with Gasteiger partial charge in [0, 0.05) is 0 Å². The Balaban J connectivity index is 1.81. The van der Waals surface area contributed by atoms with Gasteiger partial charge in [-0.3, -0.25) is 4.79 Å². The summed E-state index contributed by atoms with van der Waals surface area (Å²) in [5.41, 5.74) is 1.84. The molecule has 1 fully saturated rings. The van der Waals surface area contributed by atoms with Crippen molar-refractivity contribution in [1.82, 2.24) is 4.90 Å². The van der Waals surface area contributed by atoms with Crippen molar-refractivity contribution in [2.24, 2.45) is 0 Å². The number of carbonyl (C=O) groups excluding carboxylic acids is 1. The Morgan fingerprint density at radius 2 is 1.95 bits per heavy atom. The van der Waals surface area contributed by atoms with Crippen LogP contribution in [0.5, 0.6) is 0 Å². The second kappa shape index (κ2) is 6.28. The summed E-state index contributed by atoms with van der Waals surface area (Å²) in [6, 6.07) is 16.2. The first kappa shape index (κ1) is 14.7. The third-order valence-corrected chi connectivity index (χ3v) is 4.06. The van der Waals surface area contributed by atoms with E-state index >= 15 is 0 Å². The van der Waals surface area contributed by atoms with Crippen molar-refractivity contribution in [3.8, 4) is 0 Å². The Bertz CT molecular complexity index is 659. The highest BCUT2D eigenvalue weighted by molar-refractivity contribution is 5.78. The lowest BCUT2D eigenvalue weighted by Gasteiger charge is -2.37. The first-order chi connectivity index (χ1) is 10.6. The van der Waals surface area contributed by atoms with Gasteiger partial charge in [0.05, 0.1) is 12.6 Å². The zero-order valence-electron chi connectivity index (χ0n) is 12.4. The molecule has 0 spiro atoms. The highest BCUT2D eigenvalue weighted by Gasteiger charge is 2.31. The molecule has 0 unspecified atom stereocenters. The summed E-state index contributed by atoms with van der Waals surface area (Å²) in [6.07, 6.45) is -0.292. The molecule has 0 aromatic heterocycles. The van der Waals surface area contributed by atoms with Crippen LogP contribution in [-0.4, -0.2) is 24.0 Å². The van der Waals surface area contributed by atoms with Crippen LogP contribution < -0.4 is 0 Å². The molecule has 114 valence electrons. The topological polar surface area (TPSA) is 29.5 Å². The van der Waals surface area contributed by atoms with E-state index in [4.69, 9.17) is 4.74 Å². The molecule has 1 saturated heterocycles. The first-order valence-electron chi connectivity index (χ1n) is 7.36. The van der Waals surface area contributed by atoms with Gasteiger partial charge in [0.2, 0.25) is 5.91 Å². The van der Waals surface area contributed by atoms with E-state index in [1.807, 2.05) is 43.3 Å². The average molecular weight is 299 g/mol. The predicted molar refractivity (Wildman–Crippen MR) is 81.7 cm³/mol. The second-order valence-electron chi connectivity index (χ2n) is 5.49. The molecule has 1 heterocycles. The number of nitrogens with zero attached hydrogens (tertiary/aromatic N) is 1. The van der Waals surface area contributed by atoms with E-state index in [0.29, 0.717) is 6.54 Å². The SMILES string of the molecule is C[C@@H](c1ccccc1)N1C[C@@H](c2cccc(F)c2)OCC1=O. The van der Waals surface area contributed by atoms with Crippen molar-refractivity contribution in [3.05, 3.63) is 71.5 Å². The van der Waals surface area contributed by atoms with Crippen molar-refractivity contribution in [3.63, 3.8) is 0 Å². The Morgan fingerprint density at radius 3 is 2.68 bits per heavy atom. The Labute approximate surface area is 129 Å². The van der Waals surface area contributed by atoms with Crippen LogP contribution in [0.3, 0.4) is 0 Å². The Morgan fingerprint density at radius 1 is 1.18 bits per heavy atom. The quantitative estimate of drug-likeness (QED) is 0.868. The number of hydrogen-bond acceptors (Lipinski definition) is 2. The van der Waals surface area contributed by atoms with E-state index in [1.165, 1.54) is 12.1 Å². The second-order valence-corrected chi connectivity index (χ2v) is 5.49. The van der Waals surface area contributed by atoms with E-state index in [9.17, 15) is 9.18 Å². The van der Waals surface area contributed by atoms with Crippen LogP contribution in [0, 0.1) is 5.82 Å². The minimum absolute atomic E-state index is 0.0261. The van der Waals surface area contributed by atoms with Crippen LogP contribution in [0.2, 0.25) is 0 Å². The van der Waals surface area contributed by atoms with E-state index in [1.54, 1.807) is 11.0 Å². The van der Waals surface area contributed by atoms with Gasteiger partial charge >= 0.3 is 0 Å². The fourth-order valence-corrected chi connectivity index (χ4v) is 2.78. The molecule has 3 nitrogen and oxygen atoms in total. The number of benzene rings is 2. The van der Waals surface area contributed by atoms with Crippen molar-refractivity contribution in [1.29, 1.82) is 0 Å². The van der Waals surface area contributed by atoms with Gasteiger partial charge in [-0.2, -0.15) is 0 Å². The molecule has 2 aromatic rings. The summed E-state index contributed by atoms with van der Waals surface area (Å²) >= 11 is 0. The average Bonchev–Trinajstić information content (AvgIpc) is 2.55. The van der Waals surface area contributed by atoms with Crippen LogP contribution in [0.25, 0.3) is 0 Å². The summed E-state index contributed by atoms with van der Waals surface area (Å²) in [6.45, 7) is 2.46. The number of amides is 1. The van der Waals surface area contributed by atoms with Gasteiger partial charge in [0.25, 0.3) is 0 Å². The fourth-order valence-electron chi connectivity index (χ4n) is 2.78. The molecular formula is C18H18FNO2. The molecule has 0 saturated carbocycles. The highest BCUT2D eigenvalue weighted by atomic mass is 19.1. The number of morpholine rings is 1. The lowest BCUT2D eigenvalue weighted by Crippen LogP contribution is -2.44. The predicted octanol–water partition coefficient (Wildman–Crippen LogP) is 3.49. The summed E-state index contributed by atoms with van der Waals surface area (Å²) in [5, 5.41) is 0. The minimum atomic E-state index is -0.292. The van der Waals surface area contributed by atoms with Gasteiger partial charge in [-0.25, -0.2) is 4.39 Å². The molecule has 0 aliphatic carbocycles. The largest absolute Gasteiger partial charge is 0.362 e. The number of halogens is 1. The molecule has 2 atom stereocenters. The molecule has 2 aromatic carbocycles. The Kier molecular flexibility index (Phi) is 4.20. The zero-order chi connectivity index (χ0) is 15.5. The van der Waals surface area contributed by atoms with Crippen molar-refractivity contribution < 1.29 is 13.9 Å². The number of ether oxygens (including phenoxy) is 1. The van der Waals surface area contributed by atoms with Gasteiger partial charge in [-0.1, -0.05) is 42.5 Å². The maximum atomic E-state index is 13.4. The van der Waals surface area contributed by atoms with Crippen molar-refractivity contribution >= 4 is 5.91 Å². The molecule has 1 aliphatic rings. The van der Waals surface area contributed by atoms with Crippen LogP contribution in [-0.2, 0) is 9.53 Å². The zero-order valence-corrected chi connectivity index (χ0v) is 12.4. The standard InChI is InChI=1S/C18H18FNO2/c1-13(14-6-3-2-4-7-14)20-11-17(22-12-18(20)21)15-8-5-9-16(19)10-15/h2-10,13,17H,11-12H2,1H3/t13-,17-/m0/s1. The molecular weight excluding hydrogens is 281 g/mol. The lowest BCUT2D eigenvalue weighted by molar-refractivity contribution is -0.152. The number of carbonyl (C=O) groups is 1. The maximum Gasteiger partial charge on any atom is 0.249 e. The van der Waals surface area contributed by atoms with Crippen LogP contribution in [0.4, 0.5) is 4.39 Å². The van der Waals surface area contributed by atoms with Crippen LogP contribution >= 0.6 is 0 Å². The van der Waals surface area contributed by atoms with Gasteiger partial charge in [0.15, 0.2) is 0 Å². The minimum Gasteiger partial charge on any atom is -0.362 e. The van der Waals surface area contributed by atoms with E-state index in [-0.39, 0.29) is 30.5 Å². The normalized spacial score (nSPS) is 20.0. The smallest absolute Gasteiger partial charge is 0.249 e. The Hall–Kier alpha value is -2.20. The fraction of sp³-hybridized carbons (Fsp3) is 0.278. The van der Waals surface area contributed by atoms with Gasteiger partial charge in [-0.15, -0.1) is 0 Å². The van der Waals surface area contributed by atoms with E-state index < -0.39 is 0 Å². The highest BCUT2D eigenvalue weighted by Crippen LogP contribution is 2.29. The summed E-state index contributed by atoms with van der Waals surface area (Å²) < 4.78 is 19.0. The third kappa shape index (κ3) is 3.02. The maximum absolute atomic E-state index is 13.4. The summed E-state index contributed by atoms with van der Waals surface area (Å²) in [7, 11) is 0. The molecule has 3 rings (SSSR count). The van der Waals surface area contributed by atoms with E-state index in [0.717, 1.165) is 11.1 Å². The van der Waals surface area contributed by atoms with E-state index in [2.05, 4.69) is 0 Å².